The normalized spacial score (nSPS) is 18.0. The van der Waals surface area contributed by atoms with Crippen LogP contribution in [0.5, 0.6) is 11.5 Å². The molecule has 2 amide bonds. The van der Waals surface area contributed by atoms with Crippen molar-refractivity contribution in [1.82, 2.24) is 10.2 Å². The summed E-state index contributed by atoms with van der Waals surface area (Å²) in [5, 5.41) is 2.78. The van der Waals surface area contributed by atoms with Gasteiger partial charge < -0.3 is 19.7 Å². The average molecular weight is 318 g/mol. The zero-order chi connectivity index (χ0) is 16.8. The van der Waals surface area contributed by atoms with Crippen molar-refractivity contribution in [2.45, 2.75) is 19.4 Å². The number of nitrogens with zero attached hydrogens (tertiary/aromatic N) is 1. The Kier molecular flexibility index (Phi) is 5.62. The Morgan fingerprint density at radius 2 is 1.96 bits per heavy atom. The minimum Gasteiger partial charge on any atom is -0.497 e. The maximum Gasteiger partial charge on any atom is 0.247 e. The number of methoxy groups -OCH3 is 2. The van der Waals surface area contributed by atoms with Crippen molar-refractivity contribution in [2.24, 2.45) is 0 Å². The molecule has 124 valence electrons. The summed E-state index contributed by atoms with van der Waals surface area (Å²) in [7, 11) is 3.15. The molecule has 6 nitrogen and oxygen atoms in total. The van der Waals surface area contributed by atoms with Crippen LogP contribution in [-0.4, -0.2) is 50.1 Å². The molecule has 1 aromatic carbocycles. The SMILES string of the molecule is CCC1C(=O)NCCN1C(=O)/C=C/c1cc(OC)cc(OC)c1. The van der Waals surface area contributed by atoms with E-state index in [1.54, 1.807) is 31.3 Å². The Morgan fingerprint density at radius 3 is 2.52 bits per heavy atom. The number of benzene rings is 1. The van der Waals surface area contributed by atoms with E-state index in [4.69, 9.17) is 9.47 Å². The summed E-state index contributed by atoms with van der Waals surface area (Å²) in [5.74, 6) is 1.04. The van der Waals surface area contributed by atoms with E-state index >= 15 is 0 Å². The van der Waals surface area contributed by atoms with E-state index in [2.05, 4.69) is 5.32 Å². The number of carbonyl (C=O) groups is 2. The number of piperazine rings is 1. The fourth-order valence-electron chi connectivity index (χ4n) is 2.57. The number of hydrogen-bond acceptors (Lipinski definition) is 4. The number of hydrogen-bond donors (Lipinski definition) is 1. The van der Waals surface area contributed by atoms with Crippen LogP contribution in [0.1, 0.15) is 18.9 Å². The second-order valence-electron chi connectivity index (χ2n) is 5.23. The molecule has 0 aliphatic carbocycles. The summed E-state index contributed by atoms with van der Waals surface area (Å²) in [6.07, 6.45) is 3.78. The van der Waals surface area contributed by atoms with Crippen LogP contribution < -0.4 is 14.8 Å². The zero-order valence-electron chi connectivity index (χ0n) is 13.7. The number of carbonyl (C=O) groups excluding carboxylic acids is 2. The first-order valence-electron chi connectivity index (χ1n) is 7.58. The molecule has 1 aliphatic rings. The van der Waals surface area contributed by atoms with Crippen molar-refractivity contribution in [2.75, 3.05) is 27.3 Å². The molecule has 0 spiro atoms. The van der Waals surface area contributed by atoms with E-state index in [1.165, 1.54) is 6.08 Å². The van der Waals surface area contributed by atoms with Crippen LogP contribution in [0.4, 0.5) is 0 Å². The lowest BCUT2D eigenvalue weighted by atomic mass is 10.1. The summed E-state index contributed by atoms with van der Waals surface area (Å²) >= 11 is 0. The summed E-state index contributed by atoms with van der Waals surface area (Å²) in [6.45, 7) is 2.91. The maximum absolute atomic E-state index is 12.4. The molecule has 1 fully saturated rings. The van der Waals surface area contributed by atoms with Gasteiger partial charge in [-0.05, 0) is 30.2 Å². The van der Waals surface area contributed by atoms with Crippen molar-refractivity contribution >= 4 is 17.9 Å². The topological polar surface area (TPSA) is 67.9 Å². The lowest BCUT2D eigenvalue weighted by Crippen LogP contribution is -2.56. The summed E-state index contributed by atoms with van der Waals surface area (Å²) in [6, 6.07) is 4.99. The van der Waals surface area contributed by atoms with Gasteiger partial charge in [0.2, 0.25) is 11.8 Å². The lowest BCUT2D eigenvalue weighted by Gasteiger charge is -2.33. The van der Waals surface area contributed by atoms with Gasteiger partial charge in [0.25, 0.3) is 0 Å². The predicted molar refractivity (Wildman–Crippen MR) is 87.4 cm³/mol. The van der Waals surface area contributed by atoms with Gasteiger partial charge in [0.15, 0.2) is 0 Å². The van der Waals surface area contributed by atoms with Crippen molar-refractivity contribution in [3.05, 3.63) is 29.8 Å². The largest absolute Gasteiger partial charge is 0.497 e. The minimum absolute atomic E-state index is 0.0939. The van der Waals surface area contributed by atoms with Gasteiger partial charge in [-0.1, -0.05) is 6.92 Å². The Balaban J connectivity index is 2.15. The molecule has 23 heavy (non-hydrogen) atoms. The van der Waals surface area contributed by atoms with Gasteiger partial charge in [-0.15, -0.1) is 0 Å². The molecule has 1 atom stereocenters. The van der Waals surface area contributed by atoms with Crippen molar-refractivity contribution in [3.8, 4) is 11.5 Å². The second kappa shape index (κ2) is 7.67. The third-order valence-corrected chi connectivity index (χ3v) is 3.79. The Morgan fingerprint density at radius 1 is 1.30 bits per heavy atom. The number of rotatable bonds is 5. The van der Waals surface area contributed by atoms with Gasteiger partial charge in [-0.2, -0.15) is 0 Å². The first-order valence-corrected chi connectivity index (χ1v) is 7.58. The molecule has 0 radical (unpaired) electrons. The molecule has 1 N–H and O–H groups in total. The molecule has 1 unspecified atom stereocenters. The quantitative estimate of drug-likeness (QED) is 0.835. The zero-order valence-corrected chi connectivity index (χ0v) is 13.7. The van der Waals surface area contributed by atoms with Gasteiger partial charge in [0.05, 0.1) is 14.2 Å². The van der Waals surface area contributed by atoms with Gasteiger partial charge >= 0.3 is 0 Å². The van der Waals surface area contributed by atoms with Gasteiger partial charge in [0.1, 0.15) is 17.5 Å². The second-order valence-corrected chi connectivity index (χ2v) is 5.23. The standard InChI is InChI=1S/C17H22N2O4/c1-4-15-17(21)18-7-8-19(15)16(20)6-5-12-9-13(22-2)11-14(10-12)23-3/h5-6,9-11,15H,4,7-8H2,1-3H3,(H,18,21)/b6-5+. The molecule has 1 heterocycles. The molecule has 0 aromatic heterocycles. The van der Waals surface area contributed by atoms with Gasteiger partial charge in [0, 0.05) is 25.2 Å². The van der Waals surface area contributed by atoms with Crippen LogP contribution >= 0.6 is 0 Å². The summed E-state index contributed by atoms with van der Waals surface area (Å²) in [5.41, 5.74) is 0.795. The highest BCUT2D eigenvalue weighted by atomic mass is 16.5. The maximum atomic E-state index is 12.4. The predicted octanol–water partition coefficient (Wildman–Crippen LogP) is 1.45. The van der Waals surface area contributed by atoms with E-state index < -0.39 is 6.04 Å². The van der Waals surface area contributed by atoms with E-state index in [1.807, 2.05) is 19.1 Å². The first kappa shape index (κ1) is 16.9. The molecule has 1 saturated heterocycles. The highest BCUT2D eigenvalue weighted by Gasteiger charge is 2.30. The molecule has 1 aromatic rings. The van der Waals surface area contributed by atoms with Crippen LogP contribution in [0.15, 0.2) is 24.3 Å². The fourth-order valence-corrected chi connectivity index (χ4v) is 2.57. The van der Waals surface area contributed by atoms with E-state index in [9.17, 15) is 9.59 Å². The highest BCUT2D eigenvalue weighted by Crippen LogP contribution is 2.23. The van der Waals surface area contributed by atoms with E-state index in [-0.39, 0.29) is 11.8 Å². The molecule has 0 saturated carbocycles. The Hall–Kier alpha value is -2.50. The van der Waals surface area contributed by atoms with Crippen molar-refractivity contribution < 1.29 is 19.1 Å². The number of amides is 2. The Bertz CT molecular complexity index is 590. The van der Waals surface area contributed by atoms with E-state index in [0.29, 0.717) is 31.0 Å². The summed E-state index contributed by atoms with van der Waals surface area (Å²) in [4.78, 5) is 25.8. The molecular weight excluding hydrogens is 296 g/mol. The Labute approximate surface area is 136 Å². The molecule has 2 rings (SSSR count). The minimum atomic E-state index is -0.402. The number of ether oxygens (including phenoxy) is 2. The number of nitrogens with one attached hydrogen (secondary N) is 1. The monoisotopic (exact) mass is 318 g/mol. The van der Waals surface area contributed by atoms with Crippen LogP contribution in [-0.2, 0) is 9.59 Å². The molecule has 1 aliphatic heterocycles. The van der Waals surface area contributed by atoms with E-state index in [0.717, 1.165) is 5.56 Å². The van der Waals surface area contributed by atoms with Crippen LogP contribution in [0.25, 0.3) is 6.08 Å². The first-order chi connectivity index (χ1) is 11.1. The fraction of sp³-hybridized carbons (Fsp3) is 0.412. The molecule has 0 bridgehead atoms. The van der Waals surface area contributed by atoms with Crippen molar-refractivity contribution in [3.63, 3.8) is 0 Å². The van der Waals surface area contributed by atoms with Crippen LogP contribution in [0, 0.1) is 0 Å². The van der Waals surface area contributed by atoms with Gasteiger partial charge in [-0.25, -0.2) is 0 Å². The highest BCUT2D eigenvalue weighted by molar-refractivity contribution is 5.96. The lowest BCUT2D eigenvalue weighted by molar-refractivity contribution is -0.140. The van der Waals surface area contributed by atoms with Crippen LogP contribution in [0.2, 0.25) is 0 Å². The van der Waals surface area contributed by atoms with Crippen molar-refractivity contribution in [1.29, 1.82) is 0 Å². The third kappa shape index (κ3) is 4.03. The van der Waals surface area contributed by atoms with Gasteiger partial charge in [-0.3, -0.25) is 9.59 Å². The van der Waals surface area contributed by atoms with Crippen LogP contribution in [0.3, 0.4) is 0 Å². The molecule has 6 heteroatoms. The third-order valence-electron chi connectivity index (χ3n) is 3.79. The summed E-state index contributed by atoms with van der Waals surface area (Å²) < 4.78 is 10.4. The average Bonchev–Trinajstić information content (AvgIpc) is 2.58. The molecular formula is C17H22N2O4. The smallest absolute Gasteiger partial charge is 0.247 e.